The number of hydrogen-bond donors (Lipinski definition) is 0. The Kier molecular flexibility index (Phi) is 5.24. The molecule has 0 heteroatoms. The fraction of sp³-hybridized carbons (Fsp3) is 0.349. The summed E-state index contributed by atoms with van der Waals surface area (Å²) in [6.45, 7) is 12.1. The summed E-state index contributed by atoms with van der Waals surface area (Å²) in [6, 6.07) is 26.4. The van der Waals surface area contributed by atoms with Gasteiger partial charge < -0.3 is 0 Å². The minimum atomic E-state index is -0.138. The van der Waals surface area contributed by atoms with E-state index in [-0.39, 0.29) is 10.8 Å². The van der Waals surface area contributed by atoms with Gasteiger partial charge >= 0.3 is 0 Å². The average Bonchev–Trinajstić information content (AvgIpc) is 3.58. The van der Waals surface area contributed by atoms with Crippen molar-refractivity contribution < 1.29 is 0 Å². The molecule has 0 radical (unpaired) electrons. The zero-order chi connectivity index (χ0) is 29.2. The normalized spacial score (nSPS) is 24.9. The number of allylic oxidation sites excluding steroid dienone is 6. The first-order valence-corrected chi connectivity index (χ1v) is 16.7. The smallest absolute Gasteiger partial charge is 0.0473 e. The van der Waals surface area contributed by atoms with Gasteiger partial charge in [0.05, 0.1) is 0 Å². The molecule has 1 spiro atoms. The van der Waals surface area contributed by atoms with E-state index in [9.17, 15) is 0 Å². The lowest BCUT2D eigenvalue weighted by atomic mass is 9.56. The van der Waals surface area contributed by atoms with Gasteiger partial charge in [0.25, 0.3) is 0 Å². The molecule has 43 heavy (non-hydrogen) atoms. The molecule has 5 aliphatic rings. The van der Waals surface area contributed by atoms with E-state index in [0.717, 1.165) is 6.42 Å². The molecule has 1 saturated carbocycles. The standard InChI is InChI=1S/C43H42/c1-25-15-17-32-30(22-25)16-18-34-37-36(43(40(32)34)24-26(2)21-27(3)38(43)28-11-7-6-8-12-28)20-19-33-35-23-29-13-9-10-14-31(29)39(35)42(4,5)41(33)37/h9-10,13-22,24,28,38H,6-8,11-12,23H2,1-5H3. The lowest BCUT2D eigenvalue weighted by molar-refractivity contribution is 0.227. The van der Waals surface area contributed by atoms with Crippen LogP contribution in [-0.2, 0) is 17.3 Å². The molecule has 0 nitrogen and oxygen atoms in total. The van der Waals surface area contributed by atoms with Gasteiger partial charge in [-0.25, -0.2) is 0 Å². The van der Waals surface area contributed by atoms with Gasteiger partial charge in [0.1, 0.15) is 0 Å². The van der Waals surface area contributed by atoms with Crippen LogP contribution in [0.1, 0.15) is 98.7 Å². The van der Waals surface area contributed by atoms with E-state index in [1.807, 2.05) is 0 Å². The van der Waals surface area contributed by atoms with Crippen LogP contribution < -0.4 is 0 Å². The first-order chi connectivity index (χ1) is 20.8. The third kappa shape index (κ3) is 3.23. The summed E-state index contributed by atoms with van der Waals surface area (Å²) < 4.78 is 0. The number of fused-ring (bicyclic) bond motifs is 12. The highest BCUT2D eigenvalue weighted by molar-refractivity contribution is 6.10. The van der Waals surface area contributed by atoms with Crippen LogP contribution in [0.25, 0.3) is 33.0 Å². The van der Waals surface area contributed by atoms with Crippen molar-refractivity contribution >= 4 is 21.9 Å². The summed E-state index contributed by atoms with van der Waals surface area (Å²) in [4.78, 5) is 0. The zero-order valence-electron chi connectivity index (χ0n) is 26.4. The quantitative estimate of drug-likeness (QED) is 0.218. The van der Waals surface area contributed by atoms with Crippen molar-refractivity contribution in [2.75, 3.05) is 0 Å². The van der Waals surface area contributed by atoms with Crippen LogP contribution in [0.5, 0.6) is 0 Å². The summed E-state index contributed by atoms with van der Waals surface area (Å²) in [5, 5.41) is 2.84. The minimum Gasteiger partial charge on any atom is -0.0681 e. The van der Waals surface area contributed by atoms with Gasteiger partial charge in [-0.3, -0.25) is 0 Å². The van der Waals surface area contributed by atoms with Gasteiger partial charge in [0.2, 0.25) is 0 Å². The number of benzene rings is 4. The van der Waals surface area contributed by atoms with Gasteiger partial charge in [-0.1, -0.05) is 129 Å². The van der Waals surface area contributed by atoms with Gasteiger partial charge in [-0.05, 0) is 118 Å². The highest BCUT2D eigenvalue weighted by Crippen LogP contribution is 2.66. The molecule has 1 fully saturated rings. The molecule has 0 N–H and O–H groups in total. The van der Waals surface area contributed by atoms with Crippen LogP contribution in [0.2, 0.25) is 0 Å². The Hall–Kier alpha value is -3.64. The van der Waals surface area contributed by atoms with Gasteiger partial charge in [0.15, 0.2) is 0 Å². The van der Waals surface area contributed by atoms with Crippen molar-refractivity contribution in [3.63, 3.8) is 0 Å². The van der Waals surface area contributed by atoms with Crippen molar-refractivity contribution in [3.05, 3.63) is 129 Å². The number of hydrogen-bond acceptors (Lipinski definition) is 0. The van der Waals surface area contributed by atoms with Crippen LogP contribution in [0.4, 0.5) is 0 Å². The molecule has 0 saturated heterocycles. The molecular formula is C43H42. The zero-order valence-corrected chi connectivity index (χ0v) is 26.4. The Labute approximate surface area is 257 Å². The largest absolute Gasteiger partial charge is 0.0681 e. The van der Waals surface area contributed by atoms with E-state index in [2.05, 4.69) is 114 Å². The summed E-state index contributed by atoms with van der Waals surface area (Å²) in [6.07, 6.45) is 13.1. The maximum absolute atomic E-state index is 2.72. The summed E-state index contributed by atoms with van der Waals surface area (Å²) in [5.74, 6) is 1.21. The van der Waals surface area contributed by atoms with Crippen molar-refractivity contribution in [1.29, 1.82) is 0 Å². The van der Waals surface area contributed by atoms with Crippen molar-refractivity contribution in [2.24, 2.45) is 11.8 Å². The van der Waals surface area contributed by atoms with Crippen molar-refractivity contribution in [2.45, 2.75) is 84.0 Å². The molecule has 9 rings (SSSR count). The molecule has 0 amide bonds. The molecule has 5 aliphatic carbocycles. The second kappa shape index (κ2) is 8.72. The predicted molar refractivity (Wildman–Crippen MR) is 182 cm³/mol. The molecule has 214 valence electrons. The number of rotatable bonds is 1. The fourth-order valence-corrected chi connectivity index (χ4v) is 10.8. The van der Waals surface area contributed by atoms with E-state index in [1.165, 1.54) is 76.3 Å². The van der Waals surface area contributed by atoms with Crippen molar-refractivity contribution in [3.8, 4) is 11.1 Å². The van der Waals surface area contributed by atoms with E-state index >= 15 is 0 Å². The van der Waals surface area contributed by atoms with E-state index in [1.54, 1.807) is 39.0 Å². The Bertz CT molecular complexity index is 1980. The van der Waals surface area contributed by atoms with Gasteiger partial charge in [0, 0.05) is 10.8 Å². The lowest BCUT2D eigenvalue weighted by Crippen LogP contribution is -2.41. The molecule has 2 atom stereocenters. The summed E-state index contributed by atoms with van der Waals surface area (Å²) in [7, 11) is 0. The third-order valence-electron chi connectivity index (χ3n) is 12.1. The predicted octanol–water partition coefficient (Wildman–Crippen LogP) is 11.3. The molecule has 0 aliphatic heterocycles. The second-order valence-corrected chi connectivity index (χ2v) is 15.0. The van der Waals surface area contributed by atoms with Crippen LogP contribution in [0.15, 0.2) is 90.0 Å². The SMILES string of the molecule is CC1=CC2(c3ccc4c(c3-c3ccc5cc(C)ccc5c32)C(C)(C)C2=C4Cc3ccccc32)C(C2CCCCC2)C(C)=C1. The second-order valence-electron chi connectivity index (χ2n) is 15.0. The first-order valence-electron chi connectivity index (χ1n) is 16.7. The highest BCUT2D eigenvalue weighted by atomic mass is 14.6. The molecule has 0 heterocycles. The van der Waals surface area contributed by atoms with Gasteiger partial charge in [-0.15, -0.1) is 0 Å². The third-order valence-corrected chi connectivity index (χ3v) is 12.1. The molecule has 0 bridgehead atoms. The molecule has 2 unspecified atom stereocenters. The number of aryl methyl sites for hydroxylation is 1. The topological polar surface area (TPSA) is 0 Å². The van der Waals surface area contributed by atoms with Crippen LogP contribution >= 0.6 is 0 Å². The van der Waals surface area contributed by atoms with E-state index < -0.39 is 0 Å². The maximum Gasteiger partial charge on any atom is 0.0473 e. The Balaban J connectivity index is 1.39. The Morgan fingerprint density at radius 3 is 2.37 bits per heavy atom. The fourth-order valence-electron chi connectivity index (χ4n) is 10.8. The van der Waals surface area contributed by atoms with Crippen LogP contribution in [0.3, 0.4) is 0 Å². The summed E-state index contributed by atoms with van der Waals surface area (Å²) >= 11 is 0. The Morgan fingerprint density at radius 2 is 1.53 bits per heavy atom. The average molecular weight is 559 g/mol. The van der Waals surface area contributed by atoms with E-state index in [0.29, 0.717) is 11.8 Å². The van der Waals surface area contributed by atoms with Crippen molar-refractivity contribution in [1.82, 2.24) is 0 Å². The minimum absolute atomic E-state index is 0.0493. The van der Waals surface area contributed by atoms with Gasteiger partial charge in [-0.2, -0.15) is 0 Å². The van der Waals surface area contributed by atoms with Crippen LogP contribution in [-0.4, -0.2) is 0 Å². The maximum atomic E-state index is 2.72. The van der Waals surface area contributed by atoms with Crippen LogP contribution in [0, 0.1) is 18.8 Å². The summed E-state index contributed by atoms with van der Waals surface area (Å²) in [5.41, 5.74) is 19.5. The van der Waals surface area contributed by atoms with E-state index in [4.69, 9.17) is 0 Å². The lowest BCUT2D eigenvalue weighted by Gasteiger charge is -2.47. The highest BCUT2D eigenvalue weighted by Gasteiger charge is 2.55. The molecule has 0 aromatic heterocycles. The Morgan fingerprint density at radius 1 is 0.744 bits per heavy atom. The monoisotopic (exact) mass is 558 g/mol. The molecule has 4 aromatic carbocycles. The first kappa shape index (κ1) is 25.8. The molecular weight excluding hydrogens is 516 g/mol. The molecule has 4 aromatic rings.